The number of thioether (sulfide) groups is 2. The summed E-state index contributed by atoms with van der Waals surface area (Å²) in [5.74, 6) is 2.39. The molecule has 0 aliphatic carbocycles. The van der Waals surface area contributed by atoms with Gasteiger partial charge in [-0.15, -0.1) is 5.10 Å². The maximum atomic E-state index is 11.7. The van der Waals surface area contributed by atoms with E-state index in [1.54, 1.807) is 0 Å². The third-order valence-corrected chi connectivity index (χ3v) is 5.53. The van der Waals surface area contributed by atoms with Gasteiger partial charge in [0.15, 0.2) is 0 Å². The first kappa shape index (κ1) is 16.0. The van der Waals surface area contributed by atoms with Gasteiger partial charge in [0.25, 0.3) is 0 Å². The molecule has 1 atom stereocenters. The molecule has 8 nitrogen and oxygen atoms in total. The Balaban J connectivity index is 1.66. The smallest absolute Gasteiger partial charge is 0.325 e. The fraction of sp³-hybridized carbons (Fsp3) is 0.636. The van der Waals surface area contributed by atoms with Crippen molar-refractivity contribution >= 4 is 35.5 Å². The summed E-state index contributed by atoms with van der Waals surface area (Å²) in [6.07, 6.45) is 1.50. The lowest BCUT2D eigenvalue weighted by molar-refractivity contribution is -0.137. The maximum absolute atomic E-state index is 11.7. The van der Waals surface area contributed by atoms with Crippen LogP contribution in [-0.2, 0) is 17.9 Å². The van der Waals surface area contributed by atoms with Crippen molar-refractivity contribution in [3.8, 4) is 0 Å². The number of hydrogen-bond acceptors (Lipinski definition) is 6. The zero-order chi connectivity index (χ0) is 15.1. The quantitative estimate of drug-likeness (QED) is 0.673. The summed E-state index contributed by atoms with van der Waals surface area (Å²) in [6.45, 7) is 0.628. The fourth-order valence-electron chi connectivity index (χ4n) is 1.73. The molecule has 1 saturated heterocycles. The molecule has 1 aliphatic rings. The molecule has 2 heterocycles. The molecule has 1 unspecified atom stereocenters. The molecule has 1 aliphatic heterocycles. The van der Waals surface area contributed by atoms with Gasteiger partial charge in [-0.3, -0.25) is 4.79 Å². The van der Waals surface area contributed by atoms with Gasteiger partial charge in [0, 0.05) is 29.1 Å². The van der Waals surface area contributed by atoms with Crippen LogP contribution in [0.2, 0.25) is 0 Å². The molecule has 0 radical (unpaired) electrons. The van der Waals surface area contributed by atoms with Crippen LogP contribution < -0.4 is 10.6 Å². The molecule has 1 aromatic rings. The van der Waals surface area contributed by atoms with Gasteiger partial charge in [-0.05, 0) is 0 Å². The topological polar surface area (TPSA) is 109 Å². The highest BCUT2D eigenvalue weighted by molar-refractivity contribution is 8.06. The van der Waals surface area contributed by atoms with Crippen molar-refractivity contribution in [2.45, 2.75) is 18.3 Å². The molecule has 3 N–H and O–H groups in total. The maximum Gasteiger partial charge on any atom is 0.325 e. The minimum Gasteiger partial charge on any atom is -0.480 e. The van der Waals surface area contributed by atoms with Crippen LogP contribution >= 0.6 is 23.5 Å². The molecule has 2 rings (SSSR count). The van der Waals surface area contributed by atoms with Crippen LogP contribution in [0.4, 0.5) is 4.79 Å². The number of nitrogens with zero attached hydrogens (tertiary/aromatic N) is 3. The Morgan fingerprint density at radius 1 is 1.43 bits per heavy atom. The summed E-state index contributed by atoms with van der Waals surface area (Å²) < 4.78 is 1.22. The Hall–Kier alpha value is -1.42. The molecule has 1 fully saturated rings. The summed E-state index contributed by atoms with van der Waals surface area (Å²) in [4.78, 5) is 22.2. The van der Waals surface area contributed by atoms with Gasteiger partial charge in [0.2, 0.25) is 0 Å². The number of nitrogens with one attached hydrogen (secondary N) is 2. The SMILES string of the molecule is O=C(O)Cn1cc(CNC(=O)NCC2CSCCS2)nn1. The molecule has 0 bridgehead atoms. The van der Waals surface area contributed by atoms with Crippen LogP contribution in [0.5, 0.6) is 0 Å². The Morgan fingerprint density at radius 3 is 3.00 bits per heavy atom. The number of carbonyl (C=O) groups is 2. The van der Waals surface area contributed by atoms with E-state index in [9.17, 15) is 9.59 Å². The van der Waals surface area contributed by atoms with Crippen LogP contribution in [0, 0.1) is 0 Å². The van der Waals surface area contributed by atoms with Gasteiger partial charge in [0.05, 0.1) is 12.7 Å². The van der Waals surface area contributed by atoms with E-state index in [0.717, 1.165) is 11.5 Å². The number of aliphatic carboxylic acids is 1. The van der Waals surface area contributed by atoms with Crippen LogP contribution in [-0.4, -0.2) is 61.2 Å². The highest BCUT2D eigenvalue weighted by Crippen LogP contribution is 2.23. The second kappa shape index (κ2) is 8.13. The molecule has 0 aromatic carbocycles. The molecule has 21 heavy (non-hydrogen) atoms. The van der Waals surface area contributed by atoms with Crippen LogP contribution in [0.3, 0.4) is 0 Å². The summed E-state index contributed by atoms with van der Waals surface area (Å²) in [6, 6.07) is -0.251. The molecule has 0 spiro atoms. The standard InChI is InChI=1S/C11H17N5O3S2/c17-10(18)6-16-5-8(14-15-16)3-12-11(19)13-4-9-7-20-1-2-21-9/h5,9H,1-4,6-7H2,(H,17,18)(H2,12,13,19). The number of rotatable bonds is 6. The van der Waals surface area contributed by atoms with Crippen molar-refractivity contribution < 1.29 is 14.7 Å². The minimum atomic E-state index is -0.986. The van der Waals surface area contributed by atoms with Crippen molar-refractivity contribution in [2.75, 3.05) is 23.8 Å². The fourth-order valence-corrected chi connectivity index (χ4v) is 4.34. The summed E-state index contributed by atoms with van der Waals surface area (Å²) in [5.41, 5.74) is 0.522. The number of hydrogen-bond donors (Lipinski definition) is 3. The molecule has 116 valence electrons. The van der Waals surface area contributed by atoms with Gasteiger partial charge in [-0.2, -0.15) is 23.5 Å². The number of carboxylic acids is 1. The zero-order valence-electron chi connectivity index (χ0n) is 11.3. The van der Waals surface area contributed by atoms with E-state index >= 15 is 0 Å². The van der Waals surface area contributed by atoms with E-state index in [0.29, 0.717) is 17.5 Å². The van der Waals surface area contributed by atoms with E-state index in [1.165, 1.54) is 16.6 Å². The Labute approximate surface area is 130 Å². The number of urea groups is 1. The molecule has 0 saturated carbocycles. The predicted octanol–water partition coefficient (Wildman–Crippen LogP) is 0.0105. The molecule has 1 aromatic heterocycles. The van der Waals surface area contributed by atoms with Crippen LogP contribution in [0.25, 0.3) is 0 Å². The lowest BCUT2D eigenvalue weighted by Gasteiger charge is -2.21. The molecular formula is C11H17N5O3S2. The molecular weight excluding hydrogens is 314 g/mol. The van der Waals surface area contributed by atoms with E-state index in [1.807, 2.05) is 23.5 Å². The van der Waals surface area contributed by atoms with Crippen molar-refractivity contribution in [2.24, 2.45) is 0 Å². The van der Waals surface area contributed by atoms with Crippen molar-refractivity contribution in [3.05, 3.63) is 11.9 Å². The Bertz CT molecular complexity index is 490. The van der Waals surface area contributed by atoms with Crippen molar-refractivity contribution in [1.82, 2.24) is 25.6 Å². The van der Waals surface area contributed by atoms with E-state index < -0.39 is 5.97 Å². The average molecular weight is 331 g/mol. The molecule has 2 amide bonds. The van der Waals surface area contributed by atoms with Crippen LogP contribution in [0.1, 0.15) is 5.69 Å². The largest absolute Gasteiger partial charge is 0.480 e. The Kier molecular flexibility index (Phi) is 6.18. The summed E-state index contributed by atoms with van der Waals surface area (Å²) in [7, 11) is 0. The van der Waals surface area contributed by atoms with E-state index in [-0.39, 0.29) is 19.1 Å². The predicted molar refractivity (Wildman–Crippen MR) is 81.5 cm³/mol. The van der Waals surface area contributed by atoms with Gasteiger partial charge < -0.3 is 15.7 Å². The third-order valence-electron chi connectivity index (χ3n) is 2.69. The van der Waals surface area contributed by atoms with Gasteiger partial charge >= 0.3 is 12.0 Å². The lowest BCUT2D eigenvalue weighted by Crippen LogP contribution is -2.40. The summed E-state index contributed by atoms with van der Waals surface area (Å²) in [5, 5.41) is 22.0. The normalized spacial score (nSPS) is 18.2. The van der Waals surface area contributed by atoms with Gasteiger partial charge in [0.1, 0.15) is 12.2 Å². The number of aromatic nitrogens is 3. The number of carboxylic acid groups (broad SMARTS) is 1. The number of carbonyl (C=O) groups excluding carboxylic acids is 1. The van der Waals surface area contributed by atoms with E-state index in [2.05, 4.69) is 20.9 Å². The Morgan fingerprint density at radius 2 is 2.29 bits per heavy atom. The first-order valence-corrected chi connectivity index (χ1v) is 8.65. The van der Waals surface area contributed by atoms with Gasteiger partial charge in [-0.1, -0.05) is 5.21 Å². The van der Waals surface area contributed by atoms with Gasteiger partial charge in [-0.25, -0.2) is 9.48 Å². The monoisotopic (exact) mass is 331 g/mol. The first-order valence-electron chi connectivity index (χ1n) is 6.45. The molecule has 10 heteroatoms. The zero-order valence-corrected chi connectivity index (χ0v) is 13.0. The first-order chi connectivity index (χ1) is 10.1. The third kappa shape index (κ3) is 5.84. The highest BCUT2D eigenvalue weighted by atomic mass is 32.2. The van der Waals surface area contributed by atoms with Crippen molar-refractivity contribution in [3.63, 3.8) is 0 Å². The second-order valence-corrected chi connectivity index (χ2v) is 6.99. The average Bonchev–Trinajstić information content (AvgIpc) is 2.91. The summed E-state index contributed by atoms with van der Waals surface area (Å²) >= 11 is 3.79. The van der Waals surface area contributed by atoms with Crippen molar-refractivity contribution in [1.29, 1.82) is 0 Å². The minimum absolute atomic E-state index is 0.220. The van der Waals surface area contributed by atoms with E-state index in [4.69, 9.17) is 5.11 Å². The highest BCUT2D eigenvalue weighted by Gasteiger charge is 2.15. The van der Waals surface area contributed by atoms with Crippen LogP contribution in [0.15, 0.2) is 6.20 Å². The lowest BCUT2D eigenvalue weighted by atomic mass is 10.4. The second-order valence-electron chi connectivity index (χ2n) is 4.43. The number of amides is 2.